The summed E-state index contributed by atoms with van der Waals surface area (Å²) in [5.41, 5.74) is 1.18. The van der Waals surface area contributed by atoms with Crippen LogP contribution in [-0.2, 0) is 16.4 Å². The lowest BCUT2D eigenvalue weighted by Gasteiger charge is -2.19. The maximum absolute atomic E-state index is 12.3. The summed E-state index contributed by atoms with van der Waals surface area (Å²) in [5, 5.41) is 0.647. The van der Waals surface area contributed by atoms with Gasteiger partial charge in [0.1, 0.15) is 0 Å². The van der Waals surface area contributed by atoms with Crippen LogP contribution in [0.5, 0.6) is 0 Å². The molecule has 0 amide bonds. The van der Waals surface area contributed by atoms with E-state index in [9.17, 15) is 8.42 Å². The highest BCUT2D eigenvalue weighted by Gasteiger charge is 2.21. The molecule has 1 rings (SSSR count). The summed E-state index contributed by atoms with van der Waals surface area (Å²) in [4.78, 5) is 0.380. The van der Waals surface area contributed by atoms with Crippen molar-refractivity contribution in [3.8, 4) is 0 Å². The first-order valence-electron chi connectivity index (χ1n) is 6.21. The monoisotopic (exact) mass is 333 g/mol. The number of benzene rings is 1. The minimum Gasteiger partial charge on any atom is -0.207 e. The highest BCUT2D eigenvalue weighted by atomic mass is 79.9. The quantitative estimate of drug-likeness (QED) is 0.719. The van der Waals surface area contributed by atoms with Crippen molar-refractivity contribution in [2.75, 3.05) is 18.4 Å². The van der Waals surface area contributed by atoms with Gasteiger partial charge in [-0.3, -0.25) is 0 Å². The number of nitrogens with zero attached hydrogens (tertiary/aromatic N) is 1. The smallest absolute Gasteiger partial charge is 0.207 e. The molecule has 3 nitrogen and oxygen atoms in total. The summed E-state index contributed by atoms with van der Waals surface area (Å²) in [6.45, 7) is 4.95. The maximum Gasteiger partial charge on any atom is 0.243 e. The number of halogens is 1. The lowest BCUT2D eigenvalue weighted by Crippen LogP contribution is -2.32. The summed E-state index contributed by atoms with van der Waals surface area (Å²) in [6.07, 6.45) is 2.05. The molecule has 0 bridgehead atoms. The van der Waals surface area contributed by atoms with Crippen LogP contribution in [0.3, 0.4) is 0 Å². The normalized spacial score (nSPS) is 12.0. The van der Waals surface area contributed by atoms with E-state index in [2.05, 4.69) is 22.9 Å². The van der Waals surface area contributed by atoms with Crippen molar-refractivity contribution in [3.05, 3.63) is 29.8 Å². The first-order valence-corrected chi connectivity index (χ1v) is 8.77. The van der Waals surface area contributed by atoms with Crippen molar-refractivity contribution in [1.29, 1.82) is 0 Å². The molecule has 0 heterocycles. The highest BCUT2D eigenvalue weighted by Crippen LogP contribution is 2.17. The molecule has 5 heteroatoms. The Hall–Kier alpha value is -0.390. The summed E-state index contributed by atoms with van der Waals surface area (Å²) < 4.78 is 26.1. The molecule has 0 saturated carbocycles. The van der Waals surface area contributed by atoms with Gasteiger partial charge in [0.05, 0.1) is 4.90 Å². The van der Waals surface area contributed by atoms with Crippen molar-refractivity contribution in [1.82, 2.24) is 4.31 Å². The summed E-state index contributed by atoms with van der Waals surface area (Å²) in [7, 11) is -3.34. The van der Waals surface area contributed by atoms with Crippen LogP contribution in [0.15, 0.2) is 29.2 Å². The third-order valence-corrected chi connectivity index (χ3v) is 5.13. The van der Waals surface area contributed by atoms with E-state index in [1.807, 2.05) is 19.1 Å². The van der Waals surface area contributed by atoms with Crippen molar-refractivity contribution < 1.29 is 8.42 Å². The molecule has 0 spiro atoms. The van der Waals surface area contributed by atoms with E-state index in [0.717, 1.165) is 12.8 Å². The average molecular weight is 334 g/mol. The van der Waals surface area contributed by atoms with E-state index >= 15 is 0 Å². The van der Waals surface area contributed by atoms with Crippen LogP contribution in [0, 0.1) is 0 Å². The predicted molar refractivity (Wildman–Crippen MR) is 78.7 cm³/mol. The van der Waals surface area contributed by atoms with Gasteiger partial charge in [0.2, 0.25) is 10.0 Å². The first kappa shape index (κ1) is 15.7. The van der Waals surface area contributed by atoms with E-state index < -0.39 is 10.0 Å². The van der Waals surface area contributed by atoms with Crippen molar-refractivity contribution >= 4 is 26.0 Å². The largest absolute Gasteiger partial charge is 0.243 e. The topological polar surface area (TPSA) is 37.4 Å². The molecule has 0 unspecified atom stereocenters. The van der Waals surface area contributed by atoms with Gasteiger partial charge in [0.15, 0.2) is 0 Å². The van der Waals surface area contributed by atoms with Crippen LogP contribution in [-0.4, -0.2) is 31.1 Å². The molecule has 1 aromatic rings. The molecule has 1 aromatic carbocycles. The third kappa shape index (κ3) is 3.80. The predicted octanol–water partition coefficient (Wildman–Crippen LogP) is 3.04. The zero-order valence-corrected chi connectivity index (χ0v) is 13.3. The lowest BCUT2D eigenvalue weighted by atomic mass is 10.1. The van der Waals surface area contributed by atoms with E-state index in [1.54, 1.807) is 12.1 Å². The maximum atomic E-state index is 12.3. The SMILES string of the molecule is CCCc1ccc(S(=O)(=O)N(CC)CCBr)cc1. The van der Waals surface area contributed by atoms with E-state index in [0.29, 0.717) is 23.3 Å². The molecule has 0 aromatic heterocycles. The summed E-state index contributed by atoms with van der Waals surface area (Å²) >= 11 is 3.28. The van der Waals surface area contributed by atoms with Crippen LogP contribution >= 0.6 is 15.9 Å². The Morgan fingerprint density at radius 1 is 1.17 bits per heavy atom. The van der Waals surface area contributed by atoms with Crippen LogP contribution in [0.2, 0.25) is 0 Å². The highest BCUT2D eigenvalue weighted by molar-refractivity contribution is 9.09. The van der Waals surface area contributed by atoms with Gasteiger partial charge in [0, 0.05) is 18.4 Å². The number of rotatable bonds is 7. The average Bonchev–Trinajstić information content (AvgIpc) is 2.36. The molecule has 0 aliphatic rings. The van der Waals surface area contributed by atoms with Gasteiger partial charge in [-0.15, -0.1) is 0 Å². The second kappa shape index (κ2) is 7.26. The van der Waals surface area contributed by atoms with Gasteiger partial charge >= 0.3 is 0 Å². The molecule has 0 N–H and O–H groups in total. The lowest BCUT2D eigenvalue weighted by molar-refractivity contribution is 0.448. The Labute approximate surface area is 118 Å². The molecule has 0 aliphatic heterocycles. The van der Waals surface area contributed by atoms with Crippen molar-refractivity contribution in [3.63, 3.8) is 0 Å². The first-order chi connectivity index (χ1) is 8.56. The van der Waals surface area contributed by atoms with Crippen LogP contribution in [0.25, 0.3) is 0 Å². The molecular formula is C13H20BrNO2S. The molecule has 0 saturated heterocycles. The second-order valence-electron chi connectivity index (χ2n) is 4.08. The Bertz CT molecular complexity index is 456. The fraction of sp³-hybridized carbons (Fsp3) is 0.538. The van der Waals surface area contributed by atoms with Gasteiger partial charge in [0.25, 0.3) is 0 Å². The van der Waals surface area contributed by atoms with E-state index in [4.69, 9.17) is 0 Å². The van der Waals surface area contributed by atoms with Gasteiger partial charge in [-0.05, 0) is 24.1 Å². The van der Waals surface area contributed by atoms with Gasteiger partial charge in [-0.2, -0.15) is 4.31 Å². The van der Waals surface area contributed by atoms with E-state index in [-0.39, 0.29) is 0 Å². The number of hydrogen-bond donors (Lipinski definition) is 0. The van der Waals surface area contributed by atoms with Crippen molar-refractivity contribution in [2.45, 2.75) is 31.6 Å². The fourth-order valence-electron chi connectivity index (χ4n) is 1.81. The minimum absolute atomic E-state index is 0.380. The van der Waals surface area contributed by atoms with E-state index in [1.165, 1.54) is 9.87 Å². The molecule has 102 valence electrons. The van der Waals surface area contributed by atoms with Gasteiger partial charge in [-0.25, -0.2) is 8.42 Å². The molecule has 0 atom stereocenters. The number of sulfonamides is 1. The number of aryl methyl sites for hydroxylation is 1. The zero-order chi connectivity index (χ0) is 13.6. The number of hydrogen-bond acceptors (Lipinski definition) is 2. The van der Waals surface area contributed by atoms with Crippen LogP contribution in [0.1, 0.15) is 25.8 Å². The summed E-state index contributed by atoms with van der Waals surface area (Å²) in [5.74, 6) is 0. The van der Waals surface area contributed by atoms with Gasteiger partial charge in [-0.1, -0.05) is 48.3 Å². The van der Waals surface area contributed by atoms with Gasteiger partial charge < -0.3 is 0 Å². The molecule has 0 radical (unpaired) electrons. The Kier molecular flexibility index (Phi) is 6.32. The number of alkyl halides is 1. The Balaban J connectivity index is 2.97. The zero-order valence-electron chi connectivity index (χ0n) is 10.9. The Morgan fingerprint density at radius 2 is 1.78 bits per heavy atom. The second-order valence-corrected chi connectivity index (χ2v) is 6.81. The van der Waals surface area contributed by atoms with Crippen molar-refractivity contribution in [2.24, 2.45) is 0 Å². The fourth-order valence-corrected chi connectivity index (χ4v) is 3.92. The molecule has 0 aliphatic carbocycles. The standard InChI is InChI=1S/C13H20BrNO2S/c1-3-5-12-6-8-13(9-7-12)18(16,17)15(4-2)11-10-14/h6-9H,3-5,10-11H2,1-2H3. The molecule has 18 heavy (non-hydrogen) atoms. The molecular weight excluding hydrogens is 314 g/mol. The third-order valence-electron chi connectivity index (χ3n) is 2.79. The van der Waals surface area contributed by atoms with Crippen LogP contribution in [0.4, 0.5) is 0 Å². The minimum atomic E-state index is -3.34. The summed E-state index contributed by atoms with van der Waals surface area (Å²) in [6, 6.07) is 7.21. The van der Waals surface area contributed by atoms with Crippen LogP contribution < -0.4 is 0 Å². The molecule has 0 fully saturated rings. The Morgan fingerprint density at radius 3 is 2.22 bits per heavy atom.